The van der Waals surface area contributed by atoms with Gasteiger partial charge in [0, 0.05) is 29.1 Å². The molecule has 4 heteroatoms. The number of hydrogen-bond acceptors (Lipinski definition) is 2. The van der Waals surface area contributed by atoms with E-state index in [0.29, 0.717) is 11.7 Å². The lowest BCUT2D eigenvalue weighted by atomic mass is 9.91. The zero-order valence-corrected chi connectivity index (χ0v) is 13.2. The van der Waals surface area contributed by atoms with E-state index in [9.17, 15) is 0 Å². The van der Waals surface area contributed by atoms with Gasteiger partial charge in [-0.1, -0.05) is 55.5 Å². The lowest BCUT2D eigenvalue weighted by molar-refractivity contribution is 0.567. The van der Waals surface area contributed by atoms with Crippen LogP contribution in [-0.4, -0.2) is 9.78 Å². The molecule has 21 heavy (non-hydrogen) atoms. The summed E-state index contributed by atoms with van der Waals surface area (Å²) in [6, 6.07) is 7.91. The summed E-state index contributed by atoms with van der Waals surface area (Å²) in [6.45, 7) is 0. The fraction of sp³-hybridized carbons (Fsp3) is 0.471. The Morgan fingerprint density at radius 3 is 2.48 bits per heavy atom. The Morgan fingerprint density at radius 2 is 1.81 bits per heavy atom. The van der Waals surface area contributed by atoms with Gasteiger partial charge in [-0.2, -0.15) is 5.10 Å². The van der Waals surface area contributed by atoms with Gasteiger partial charge in [-0.15, -0.1) is 0 Å². The summed E-state index contributed by atoms with van der Waals surface area (Å²) in [7, 11) is 1.91. The summed E-state index contributed by atoms with van der Waals surface area (Å²) in [6.07, 6.45) is 7.63. The van der Waals surface area contributed by atoms with Crippen LogP contribution in [0.5, 0.6) is 0 Å². The van der Waals surface area contributed by atoms with E-state index in [0.717, 1.165) is 21.8 Å². The number of nitrogens with zero attached hydrogens (tertiary/aromatic N) is 2. The number of nitrogens with two attached hydrogens (primary N) is 1. The first-order valence-corrected chi connectivity index (χ1v) is 8.13. The SMILES string of the molecule is Cn1nc(C2CCCCCC2)c(-c2ccccc2Cl)c1N. The van der Waals surface area contributed by atoms with Crippen molar-refractivity contribution in [3.8, 4) is 11.1 Å². The van der Waals surface area contributed by atoms with Crippen LogP contribution in [0.3, 0.4) is 0 Å². The standard InChI is InChI=1S/C17H22ClN3/c1-21-17(19)15(13-10-6-7-11-14(13)18)16(20-21)12-8-4-2-3-5-9-12/h6-7,10-12H,2-5,8-9,19H2,1H3. The number of halogens is 1. The molecule has 1 aliphatic carbocycles. The number of anilines is 1. The molecular formula is C17H22ClN3. The van der Waals surface area contributed by atoms with Crippen molar-refractivity contribution < 1.29 is 0 Å². The highest BCUT2D eigenvalue weighted by Crippen LogP contribution is 2.41. The van der Waals surface area contributed by atoms with Crippen molar-refractivity contribution in [2.75, 3.05) is 5.73 Å². The highest BCUT2D eigenvalue weighted by Gasteiger charge is 2.25. The molecule has 0 amide bonds. The van der Waals surface area contributed by atoms with Crippen LogP contribution in [0.4, 0.5) is 5.82 Å². The number of rotatable bonds is 2. The number of nitrogen functional groups attached to an aromatic ring is 1. The fourth-order valence-corrected chi connectivity index (χ4v) is 3.57. The van der Waals surface area contributed by atoms with Crippen LogP contribution in [0, 0.1) is 0 Å². The Bertz CT molecular complexity index is 625. The predicted octanol–water partition coefficient (Wildman–Crippen LogP) is 4.76. The topological polar surface area (TPSA) is 43.8 Å². The Hall–Kier alpha value is -1.48. The molecule has 1 aromatic heterocycles. The third kappa shape index (κ3) is 2.80. The van der Waals surface area contributed by atoms with Gasteiger partial charge >= 0.3 is 0 Å². The molecule has 0 unspecified atom stereocenters. The van der Waals surface area contributed by atoms with Crippen molar-refractivity contribution in [3.05, 3.63) is 35.0 Å². The van der Waals surface area contributed by atoms with Crippen molar-refractivity contribution in [1.82, 2.24) is 9.78 Å². The van der Waals surface area contributed by atoms with Crippen LogP contribution >= 0.6 is 11.6 Å². The third-order valence-corrected chi connectivity index (χ3v) is 4.83. The molecule has 3 rings (SSSR count). The van der Waals surface area contributed by atoms with Gasteiger partial charge in [0.15, 0.2) is 0 Å². The van der Waals surface area contributed by atoms with Crippen LogP contribution in [-0.2, 0) is 7.05 Å². The molecular weight excluding hydrogens is 282 g/mol. The molecule has 112 valence electrons. The van der Waals surface area contributed by atoms with Gasteiger partial charge in [0.1, 0.15) is 5.82 Å². The van der Waals surface area contributed by atoms with Crippen molar-refractivity contribution in [2.24, 2.45) is 7.05 Å². The van der Waals surface area contributed by atoms with Gasteiger partial charge in [0.05, 0.1) is 5.69 Å². The van der Waals surface area contributed by atoms with Gasteiger partial charge in [-0.3, -0.25) is 4.68 Å². The Kier molecular flexibility index (Phi) is 4.20. The second-order valence-electron chi connectivity index (χ2n) is 5.94. The van der Waals surface area contributed by atoms with Crippen molar-refractivity contribution in [1.29, 1.82) is 0 Å². The first-order chi connectivity index (χ1) is 10.2. The first-order valence-electron chi connectivity index (χ1n) is 7.75. The molecule has 0 saturated heterocycles. The van der Waals surface area contributed by atoms with E-state index in [4.69, 9.17) is 22.4 Å². The van der Waals surface area contributed by atoms with Crippen molar-refractivity contribution in [3.63, 3.8) is 0 Å². The molecule has 2 N–H and O–H groups in total. The molecule has 1 saturated carbocycles. The van der Waals surface area contributed by atoms with Crippen molar-refractivity contribution in [2.45, 2.75) is 44.4 Å². The average Bonchev–Trinajstić information content (AvgIpc) is 2.70. The second-order valence-corrected chi connectivity index (χ2v) is 6.34. The minimum atomic E-state index is 0.502. The summed E-state index contributed by atoms with van der Waals surface area (Å²) in [5.74, 6) is 1.21. The van der Waals surface area contributed by atoms with Crippen LogP contribution < -0.4 is 5.73 Å². The number of hydrogen-bond donors (Lipinski definition) is 1. The molecule has 0 atom stereocenters. The smallest absolute Gasteiger partial charge is 0.129 e. The molecule has 1 heterocycles. The zero-order valence-electron chi connectivity index (χ0n) is 12.5. The van der Waals surface area contributed by atoms with E-state index < -0.39 is 0 Å². The number of aromatic nitrogens is 2. The molecule has 1 aromatic carbocycles. The van der Waals surface area contributed by atoms with Gasteiger partial charge in [-0.05, 0) is 18.9 Å². The quantitative estimate of drug-likeness (QED) is 0.813. The maximum atomic E-state index is 6.39. The largest absolute Gasteiger partial charge is 0.383 e. The number of benzene rings is 1. The lowest BCUT2D eigenvalue weighted by Gasteiger charge is -2.14. The van der Waals surface area contributed by atoms with E-state index in [1.165, 1.54) is 38.5 Å². The Morgan fingerprint density at radius 1 is 1.14 bits per heavy atom. The molecule has 0 bridgehead atoms. The summed E-state index contributed by atoms with van der Waals surface area (Å²) in [5, 5.41) is 5.47. The van der Waals surface area contributed by atoms with E-state index in [2.05, 4.69) is 0 Å². The maximum Gasteiger partial charge on any atom is 0.129 e. The predicted molar refractivity (Wildman–Crippen MR) is 88.5 cm³/mol. The normalized spacial score (nSPS) is 16.9. The third-order valence-electron chi connectivity index (χ3n) is 4.50. The van der Waals surface area contributed by atoms with E-state index >= 15 is 0 Å². The minimum Gasteiger partial charge on any atom is -0.383 e. The Balaban J connectivity index is 2.09. The molecule has 2 aromatic rings. The molecule has 1 aliphatic rings. The molecule has 1 fully saturated rings. The van der Waals surface area contributed by atoms with Crippen LogP contribution in [0.2, 0.25) is 5.02 Å². The number of aryl methyl sites for hydroxylation is 1. The van der Waals surface area contributed by atoms with Gasteiger partial charge < -0.3 is 5.73 Å². The van der Waals surface area contributed by atoms with Gasteiger partial charge in [0.2, 0.25) is 0 Å². The maximum absolute atomic E-state index is 6.39. The van der Waals surface area contributed by atoms with E-state index in [1.807, 2.05) is 31.3 Å². The van der Waals surface area contributed by atoms with Crippen LogP contribution in [0.15, 0.2) is 24.3 Å². The summed E-state index contributed by atoms with van der Waals surface area (Å²) >= 11 is 6.39. The highest BCUT2D eigenvalue weighted by molar-refractivity contribution is 6.33. The summed E-state index contributed by atoms with van der Waals surface area (Å²) < 4.78 is 1.79. The summed E-state index contributed by atoms with van der Waals surface area (Å²) in [5.41, 5.74) is 9.46. The zero-order chi connectivity index (χ0) is 14.8. The Labute approximate surface area is 131 Å². The molecule has 0 radical (unpaired) electrons. The second kappa shape index (κ2) is 6.10. The van der Waals surface area contributed by atoms with E-state index in [1.54, 1.807) is 4.68 Å². The molecule has 3 nitrogen and oxygen atoms in total. The lowest BCUT2D eigenvalue weighted by Crippen LogP contribution is -2.01. The highest BCUT2D eigenvalue weighted by atomic mass is 35.5. The van der Waals surface area contributed by atoms with E-state index in [-0.39, 0.29) is 0 Å². The minimum absolute atomic E-state index is 0.502. The average molecular weight is 304 g/mol. The first kappa shape index (κ1) is 14.5. The van der Waals surface area contributed by atoms with Crippen molar-refractivity contribution >= 4 is 17.4 Å². The van der Waals surface area contributed by atoms with Gasteiger partial charge in [-0.25, -0.2) is 0 Å². The fourth-order valence-electron chi connectivity index (χ4n) is 3.34. The molecule has 0 aliphatic heterocycles. The van der Waals surface area contributed by atoms with Crippen LogP contribution in [0.25, 0.3) is 11.1 Å². The van der Waals surface area contributed by atoms with Gasteiger partial charge in [0.25, 0.3) is 0 Å². The summed E-state index contributed by atoms with van der Waals surface area (Å²) in [4.78, 5) is 0. The van der Waals surface area contributed by atoms with Crippen LogP contribution in [0.1, 0.15) is 50.1 Å². The monoisotopic (exact) mass is 303 g/mol. The molecule has 0 spiro atoms.